The smallest absolute Gasteiger partial charge is 0.0349 e. The summed E-state index contributed by atoms with van der Waals surface area (Å²) in [4.78, 5) is 0. The second-order valence-corrected chi connectivity index (χ2v) is 5.19. The molecule has 66 valence electrons. The van der Waals surface area contributed by atoms with Gasteiger partial charge in [-0.1, -0.05) is 34.1 Å². The number of hydrogen-bond acceptors (Lipinski definition) is 0. The monoisotopic (exact) mass is 154 g/mol. The van der Waals surface area contributed by atoms with Gasteiger partial charge in [-0.2, -0.15) is 0 Å². The molecule has 0 nitrogen and oxygen atoms in total. The topological polar surface area (TPSA) is 0 Å². The highest BCUT2D eigenvalue weighted by Gasteiger charge is 2.30. The maximum atomic E-state index is 2.42. The van der Waals surface area contributed by atoms with Crippen molar-refractivity contribution in [2.45, 2.75) is 53.4 Å². The molecule has 1 fully saturated rings. The fourth-order valence-corrected chi connectivity index (χ4v) is 2.85. The van der Waals surface area contributed by atoms with E-state index < -0.39 is 0 Å². The summed E-state index contributed by atoms with van der Waals surface area (Å²) < 4.78 is 0. The third-order valence-electron chi connectivity index (χ3n) is 3.06. The van der Waals surface area contributed by atoms with E-state index in [2.05, 4.69) is 27.7 Å². The molecule has 2 atom stereocenters. The van der Waals surface area contributed by atoms with Crippen LogP contribution < -0.4 is 0 Å². The third kappa shape index (κ3) is 2.50. The Bertz CT molecular complexity index is 124. The van der Waals surface area contributed by atoms with Gasteiger partial charge in [-0.25, -0.2) is 0 Å². The maximum absolute atomic E-state index is 2.42. The van der Waals surface area contributed by atoms with Crippen LogP contribution in [-0.4, -0.2) is 0 Å². The summed E-state index contributed by atoms with van der Waals surface area (Å²) in [5, 5.41) is 0. The molecule has 1 aliphatic carbocycles. The van der Waals surface area contributed by atoms with Crippen LogP contribution in [-0.2, 0) is 0 Å². The summed E-state index contributed by atoms with van der Waals surface area (Å²) in [5.41, 5.74) is 0.623. The van der Waals surface area contributed by atoms with Crippen LogP contribution in [0, 0.1) is 17.3 Å². The first-order valence-electron chi connectivity index (χ1n) is 5.03. The van der Waals surface area contributed by atoms with Crippen molar-refractivity contribution in [2.24, 2.45) is 17.3 Å². The van der Waals surface area contributed by atoms with Crippen LogP contribution in [0.15, 0.2) is 0 Å². The summed E-state index contributed by atoms with van der Waals surface area (Å²) in [6.45, 7) is 9.58. The summed E-state index contributed by atoms with van der Waals surface area (Å²) in [7, 11) is 0. The van der Waals surface area contributed by atoms with Crippen LogP contribution >= 0.6 is 0 Å². The van der Waals surface area contributed by atoms with E-state index >= 15 is 0 Å². The Morgan fingerprint density at radius 1 is 1.27 bits per heavy atom. The SMILES string of the molecule is CC[C@@H]1C[C@@H](C)CC(C)(C)C1. The molecular weight excluding hydrogens is 132 g/mol. The molecule has 1 saturated carbocycles. The maximum Gasteiger partial charge on any atom is -0.0349 e. The molecule has 0 spiro atoms. The van der Waals surface area contributed by atoms with E-state index in [-0.39, 0.29) is 0 Å². The van der Waals surface area contributed by atoms with Crippen molar-refractivity contribution in [3.63, 3.8) is 0 Å². The van der Waals surface area contributed by atoms with E-state index in [1.54, 1.807) is 0 Å². The van der Waals surface area contributed by atoms with Gasteiger partial charge in [0.1, 0.15) is 0 Å². The lowest BCUT2D eigenvalue weighted by Crippen LogP contribution is -2.27. The molecule has 0 aromatic rings. The van der Waals surface area contributed by atoms with Crippen molar-refractivity contribution in [3.8, 4) is 0 Å². The molecule has 0 aromatic heterocycles. The molecule has 0 N–H and O–H groups in total. The molecule has 1 aliphatic rings. The second kappa shape index (κ2) is 3.16. The third-order valence-corrected chi connectivity index (χ3v) is 3.06. The van der Waals surface area contributed by atoms with Gasteiger partial charge < -0.3 is 0 Å². The molecular formula is C11H22. The Hall–Kier alpha value is 0. The van der Waals surface area contributed by atoms with Crippen molar-refractivity contribution in [1.29, 1.82) is 0 Å². The van der Waals surface area contributed by atoms with Gasteiger partial charge in [0.25, 0.3) is 0 Å². The number of rotatable bonds is 1. The first kappa shape index (κ1) is 9.09. The standard InChI is InChI=1S/C11H22/c1-5-10-6-9(2)7-11(3,4)8-10/h9-10H,5-8H2,1-4H3/t9-,10-/m1/s1. The van der Waals surface area contributed by atoms with Crippen molar-refractivity contribution in [3.05, 3.63) is 0 Å². The van der Waals surface area contributed by atoms with Gasteiger partial charge in [0.2, 0.25) is 0 Å². The van der Waals surface area contributed by atoms with Gasteiger partial charge in [0, 0.05) is 0 Å². The van der Waals surface area contributed by atoms with E-state index in [0.29, 0.717) is 5.41 Å². The molecule has 0 saturated heterocycles. The quantitative estimate of drug-likeness (QED) is 0.538. The van der Waals surface area contributed by atoms with Gasteiger partial charge in [0.15, 0.2) is 0 Å². The molecule has 0 radical (unpaired) electrons. The van der Waals surface area contributed by atoms with Crippen molar-refractivity contribution < 1.29 is 0 Å². The fraction of sp³-hybridized carbons (Fsp3) is 1.00. The second-order valence-electron chi connectivity index (χ2n) is 5.19. The zero-order chi connectivity index (χ0) is 8.48. The lowest BCUT2D eigenvalue weighted by atomic mass is 9.67. The van der Waals surface area contributed by atoms with Crippen LogP contribution in [0.4, 0.5) is 0 Å². The molecule has 0 unspecified atom stereocenters. The predicted molar refractivity (Wildman–Crippen MR) is 50.6 cm³/mol. The zero-order valence-corrected chi connectivity index (χ0v) is 8.48. The molecule has 0 aromatic carbocycles. The largest absolute Gasteiger partial charge is 0.0651 e. The summed E-state index contributed by atoms with van der Waals surface area (Å²) in [6, 6.07) is 0. The Labute approximate surface area is 71.4 Å². The van der Waals surface area contributed by atoms with Crippen LogP contribution in [0.2, 0.25) is 0 Å². The molecule has 0 bridgehead atoms. The summed E-state index contributed by atoms with van der Waals surface area (Å²) >= 11 is 0. The van der Waals surface area contributed by atoms with Crippen LogP contribution in [0.1, 0.15) is 53.4 Å². The van der Waals surface area contributed by atoms with Gasteiger partial charge in [-0.05, 0) is 36.5 Å². The van der Waals surface area contributed by atoms with E-state index in [1.807, 2.05) is 0 Å². The minimum atomic E-state index is 0.623. The van der Waals surface area contributed by atoms with Crippen LogP contribution in [0.5, 0.6) is 0 Å². The van der Waals surface area contributed by atoms with Crippen LogP contribution in [0.25, 0.3) is 0 Å². The molecule has 0 amide bonds. The van der Waals surface area contributed by atoms with Gasteiger partial charge >= 0.3 is 0 Å². The Morgan fingerprint density at radius 2 is 1.91 bits per heavy atom. The van der Waals surface area contributed by atoms with E-state index in [4.69, 9.17) is 0 Å². The Balaban J connectivity index is 2.51. The predicted octanol–water partition coefficient (Wildman–Crippen LogP) is 3.86. The van der Waals surface area contributed by atoms with Gasteiger partial charge in [0.05, 0.1) is 0 Å². The molecule has 0 heteroatoms. The van der Waals surface area contributed by atoms with Crippen molar-refractivity contribution in [2.75, 3.05) is 0 Å². The Morgan fingerprint density at radius 3 is 2.36 bits per heavy atom. The summed E-state index contributed by atoms with van der Waals surface area (Å²) in [6.07, 6.45) is 5.74. The molecule has 1 rings (SSSR count). The lowest BCUT2D eigenvalue weighted by molar-refractivity contribution is 0.130. The minimum Gasteiger partial charge on any atom is -0.0651 e. The van der Waals surface area contributed by atoms with Crippen molar-refractivity contribution in [1.82, 2.24) is 0 Å². The fourth-order valence-electron chi connectivity index (χ4n) is 2.85. The molecule has 11 heavy (non-hydrogen) atoms. The minimum absolute atomic E-state index is 0.623. The first-order chi connectivity index (χ1) is 5.03. The highest BCUT2D eigenvalue weighted by atomic mass is 14.4. The summed E-state index contributed by atoms with van der Waals surface area (Å²) in [5.74, 6) is 1.97. The van der Waals surface area contributed by atoms with Gasteiger partial charge in [-0.3, -0.25) is 0 Å². The van der Waals surface area contributed by atoms with Crippen molar-refractivity contribution >= 4 is 0 Å². The van der Waals surface area contributed by atoms with E-state index in [0.717, 1.165) is 11.8 Å². The first-order valence-corrected chi connectivity index (χ1v) is 5.03. The highest BCUT2D eigenvalue weighted by Crippen LogP contribution is 2.42. The average Bonchev–Trinajstić information content (AvgIpc) is 1.83. The highest BCUT2D eigenvalue weighted by molar-refractivity contribution is 4.81. The van der Waals surface area contributed by atoms with Crippen LogP contribution in [0.3, 0.4) is 0 Å². The van der Waals surface area contributed by atoms with E-state index in [1.165, 1.54) is 25.7 Å². The van der Waals surface area contributed by atoms with Gasteiger partial charge in [-0.15, -0.1) is 0 Å². The zero-order valence-electron chi connectivity index (χ0n) is 8.48. The Kier molecular flexibility index (Phi) is 2.61. The lowest BCUT2D eigenvalue weighted by Gasteiger charge is -2.38. The number of hydrogen-bond donors (Lipinski definition) is 0. The normalized spacial score (nSPS) is 37.1. The van der Waals surface area contributed by atoms with E-state index in [9.17, 15) is 0 Å². The average molecular weight is 154 g/mol. The molecule has 0 aliphatic heterocycles. The molecule has 0 heterocycles.